The van der Waals surface area contributed by atoms with Crippen LogP contribution < -0.4 is 14.8 Å². The molecule has 0 radical (unpaired) electrons. The first-order valence-corrected chi connectivity index (χ1v) is 11.6. The molecule has 35 heavy (non-hydrogen) atoms. The number of hydrogen-bond acceptors (Lipinski definition) is 7. The molecule has 0 spiro atoms. The fraction of sp³-hybridized carbons (Fsp3) is 0.115. The molecule has 0 fully saturated rings. The zero-order valence-electron chi connectivity index (χ0n) is 18.6. The Morgan fingerprint density at radius 2 is 1.89 bits per heavy atom. The lowest BCUT2D eigenvalue weighted by Crippen LogP contribution is -2.11. The quantitative estimate of drug-likeness (QED) is 0.289. The molecule has 3 aromatic carbocycles. The molecule has 0 bridgehead atoms. The molecule has 0 aliphatic rings. The maximum atomic E-state index is 14.9. The SMILES string of the molecule is COc1cc2c(Oc3cc4sc(NC(=O)CCc5ccccc5)nc4cc3F)ccnc2cc1O. The normalized spacial score (nSPS) is 11.0. The number of aromatic nitrogens is 2. The van der Waals surface area contributed by atoms with Crippen molar-refractivity contribution in [2.75, 3.05) is 12.4 Å². The number of phenolic OH excluding ortho intramolecular Hbond substituents is 1. The van der Waals surface area contributed by atoms with Gasteiger partial charge >= 0.3 is 0 Å². The Bertz CT molecular complexity index is 1540. The summed E-state index contributed by atoms with van der Waals surface area (Å²) < 4.78 is 26.6. The molecule has 7 nitrogen and oxygen atoms in total. The minimum Gasteiger partial charge on any atom is -0.504 e. The Morgan fingerprint density at radius 1 is 1.06 bits per heavy atom. The Labute approximate surface area is 203 Å². The molecule has 176 valence electrons. The lowest BCUT2D eigenvalue weighted by Gasteiger charge is -2.11. The van der Waals surface area contributed by atoms with E-state index in [4.69, 9.17) is 9.47 Å². The second-order valence-electron chi connectivity index (χ2n) is 7.76. The number of halogens is 1. The van der Waals surface area contributed by atoms with Gasteiger partial charge in [0, 0.05) is 36.2 Å². The molecule has 2 heterocycles. The van der Waals surface area contributed by atoms with Gasteiger partial charge in [-0.1, -0.05) is 41.7 Å². The predicted molar refractivity (Wildman–Crippen MR) is 133 cm³/mol. The Kier molecular flexibility index (Phi) is 6.15. The smallest absolute Gasteiger partial charge is 0.226 e. The molecule has 0 atom stereocenters. The van der Waals surface area contributed by atoms with Crippen molar-refractivity contribution in [2.45, 2.75) is 12.8 Å². The van der Waals surface area contributed by atoms with Crippen molar-refractivity contribution >= 4 is 43.5 Å². The van der Waals surface area contributed by atoms with Gasteiger partial charge in [0.05, 0.1) is 22.8 Å². The number of pyridine rings is 1. The van der Waals surface area contributed by atoms with E-state index in [0.29, 0.717) is 44.8 Å². The van der Waals surface area contributed by atoms with E-state index in [-0.39, 0.29) is 23.2 Å². The van der Waals surface area contributed by atoms with Crippen LogP contribution in [-0.4, -0.2) is 28.1 Å². The molecule has 1 amide bonds. The van der Waals surface area contributed by atoms with Crippen molar-refractivity contribution in [1.82, 2.24) is 9.97 Å². The third kappa shape index (κ3) is 4.85. The summed E-state index contributed by atoms with van der Waals surface area (Å²) in [4.78, 5) is 20.9. The van der Waals surface area contributed by atoms with E-state index >= 15 is 0 Å². The predicted octanol–water partition coefficient (Wildman–Crippen LogP) is 6.06. The molecule has 5 rings (SSSR count). The number of phenols is 1. The molecular formula is C26H20FN3O4S. The van der Waals surface area contributed by atoms with Gasteiger partial charge < -0.3 is 19.9 Å². The molecule has 2 aromatic heterocycles. The van der Waals surface area contributed by atoms with Crippen molar-refractivity contribution in [3.05, 3.63) is 78.2 Å². The zero-order valence-corrected chi connectivity index (χ0v) is 19.4. The van der Waals surface area contributed by atoms with E-state index in [1.807, 2.05) is 30.3 Å². The molecule has 0 aliphatic carbocycles. The van der Waals surface area contributed by atoms with E-state index in [9.17, 15) is 14.3 Å². The number of anilines is 1. The van der Waals surface area contributed by atoms with Crippen LogP contribution >= 0.6 is 11.3 Å². The minimum absolute atomic E-state index is 0.00245. The Morgan fingerprint density at radius 3 is 2.69 bits per heavy atom. The number of aromatic hydroxyl groups is 1. The highest BCUT2D eigenvalue weighted by atomic mass is 32.1. The number of thiazole rings is 1. The van der Waals surface area contributed by atoms with Crippen LogP contribution in [-0.2, 0) is 11.2 Å². The van der Waals surface area contributed by atoms with Crippen LogP contribution in [0.4, 0.5) is 9.52 Å². The molecule has 0 aliphatic heterocycles. The number of nitrogens with one attached hydrogen (secondary N) is 1. The van der Waals surface area contributed by atoms with Crippen LogP contribution in [0.2, 0.25) is 0 Å². The maximum absolute atomic E-state index is 14.9. The van der Waals surface area contributed by atoms with Crippen LogP contribution in [0, 0.1) is 5.82 Å². The maximum Gasteiger partial charge on any atom is 0.226 e. The summed E-state index contributed by atoms with van der Waals surface area (Å²) in [5, 5.41) is 13.7. The average Bonchev–Trinajstić information content (AvgIpc) is 3.24. The lowest BCUT2D eigenvalue weighted by atomic mass is 10.1. The molecule has 0 saturated carbocycles. The van der Waals surface area contributed by atoms with E-state index < -0.39 is 5.82 Å². The first-order chi connectivity index (χ1) is 17.0. The molecule has 9 heteroatoms. The highest BCUT2D eigenvalue weighted by Crippen LogP contribution is 2.38. The number of aryl methyl sites for hydroxylation is 1. The summed E-state index contributed by atoms with van der Waals surface area (Å²) in [6.07, 6.45) is 2.44. The highest BCUT2D eigenvalue weighted by Gasteiger charge is 2.15. The van der Waals surface area contributed by atoms with Gasteiger partial charge in [0.2, 0.25) is 5.91 Å². The monoisotopic (exact) mass is 489 g/mol. The van der Waals surface area contributed by atoms with Gasteiger partial charge in [-0.2, -0.15) is 0 Å². The summed E-state index contributed by atoms with van der Waals surface area (Å²) in [6.45, 7) is 0. The molecular weight excluding hydrogens is 469 g/mol. The zero-order chi connectivity index (χ0) is 24.4. The number of benzene rings is 3. The number of fused-ring (bicyclic) bond motifs is 2. The van der Waals surface area contributed by atoms with E-state index in [1.54, 1.807) is 18.2 Å². The minimum atomic E-state index is -0.597. The van der Waals surface area contributed by atoms with Crippen LogP contribution in [0.3, 0.4) is 0 Å². The Balaban J connectivity index is 1.37. The van der Waals surface area contributed by atoms with Gasteiger partial charge in [-0.15, -0.1) is 0 Å². The van der Waals surface area contributed by atoms with Crippen molar-refractivity contribution in [3.8, 4) is 23.0 Å². The first kappa shape index (κ1) is 22.5. The van der Waals surface area contributed by atoms with Crippen LogP contribution in [0.1, 0.15) is 12.0 Å². The number of carbonyl (C=O) groups is 1. The third-order valence-corrected chi connectivity index (χ3v) is 6.33. The fourth-order valence-electron chi connectivity index (χ4n) is 3.65. The molecule has 2 N–H and O–H groups in total. The Hall–Kier alpha value is -4.24. The van der Waals surface area contributed by atoms with Crippen LogP contribution in [0.15, 0.2) is 66.9 Å². The number of ether oxygens (including phenoxy) is 2. The number of methoxy groups -OCH3 is 1. The van der Waals surface area contributed by atoms with Crippen LogP contribution in [0.25, 0.3) is 21.1 Å². The molecule has 5 aromatic rings. The molecule has 0 saturated heterocycles. The molecule has 0 unspecified atom stereocenters. The van der Waals surface area contributed by atoms with Crippen molar-refractivity contribution in [2.24, 2.45) is 0 Å². The summed E-state index contributed by atoms with van der Waals surface area (Å²) in [6, 6.07) is 17.2. The van der Waals surface area contributed by atoms with Gasteiger partial charge in [0.1, 0.15) is 5.75 Å². The van der Waals surface area contributed by atoms with E-state index in [1.165, 1.54) is 36.8 Å². The average molecular weight is 490 g/mol. The number of amides is 1. The fourth-order valence-corrected chi connectivity index (χ4v) is 4.55. The van der Waals surface area contributed by atoms with E-state index in [0.717, 1.165) is 5.56 Å². The number of nitrogens with zero attached hydrogens (tertiary/aromatic N) is 2. The number of rotatable bonds is 7. The second kappa shape index (κ2) is 9.55. The number of hydrogen-bond donors (Lipinski definition) is 2. The van der Waals surface area contributed by atoms with Crippen LogP contribution in [0.5, 0.6) is 23.0 Å². The van der Waals surface area contributed by atoms with Gasteiger partial charge in [0.25, 0.3) is 0 Å². The van der Waals surface area contributed by atoms with Gasteiger partial charge in [-0.05, 0) is 24.1 Å². The summed E-state index contributed by atoms with van der Waals surface area (Å²) in [7, 11) is 1.44. The third-order valence-electron chi connectivity index (χ3n) is 5.39. The topological polar surface area (TPSA) is 93.6 Å². The summed E-state index contributed by atoms with van der Waals surface area (Å²) >= 11 is 1.24. The van der Waals surface area contributed by atoms with E-state index in [2.05, 4.69) is 15.3 Å². The van der Waals surface area contributed by atoms with Crippen molar-refractivity contribution in [1.29, 1.82) is 0 Å². The second-order valence-corrected chi connectivity index (χ2v) is 8.79. The largest absolute Gasteiger partial charge is 0.504 e. The van der Waals surface area contributed by atoms with Gasteiger partial charge in [0.15, 0.2) is 28.2 Å². The number of carbonyl (C=O) groups excluding carboxylic acids is 1. The highest BCUT2D eigenvalue weighted by molar-refractivity contribution is 7.22. The summed E-state index contributed by atoms with van der Waals surface area (Å²) in [5.74, 6) is -0.208. The first-order valence-electron chi connectivity index (χ1n) is 10.8. The lowest BCUT2D eigenvalue weighted by molar-refractivity contribution is -0.116. The van der Waals surface area contributed by atoms with Crippen molar-refractivity contribution in [3.63, 3.8) is 0 Å². The standard InChI is InChI=1S/C26H20FN3O4S/c1-33-23-11-16-18(13-20(23)31)28-10-9-21(16)34-22-14-24-19(12-17(22)27)29-26(35-24)30-25(32)8-7-15-5-3-2-4-6-15/h2-6,9-14,31H,7-8H2,1H3,(H,29,30,32). The van der Waals surface area contributed by atoms with Crippen molar-refractivity contribution < 1.29 is 23.8 Å². The van der Waals surface area contributed by atoms with Gasteiger partial charge in [-0.3, -0.25) is 9.78 Å². The van der Waals surface area contributed by atoms with Gasteiger partial charge in [-0.25, -0.2) is 9.37 Å². The summed E-state index contributed by atoms with van der Waals surface area (Å²) in [5.41, 5.74) is 1.97.